The van der Waals surface area contributed by atoms with Crippen LogP contribution in [0.1, 0.15) is 6.42 Å². The summed E-state index contributed by atoms with van der Waals surface area (Å²) in [7, 11) is 0. The van der Waals surface area contributed by atoms with Gasteiger partial charge in [-0.05, 0) is 30.7 Å². The van der Waals surface area contributed by atoms with Crippen LogP contribution in [0.3, 0.4) is 0 Å². The fourth-order valence-electron chi connectivity index (χ4n) is 4.18. The van der Waals surface area contributed by atoms with E-state index < -0.39 is 17.7 Å². The molecule has 1 aliphatic rings. The molecular weight excluding hydrogens is 508 g/mol. The lowest BCUT2D eigenvalue weighted by Gasteiger charge is -2.35. The second kappa shape index (κ2) is 11.4. The zero-order chi connectivity index (χ0) is 26.5. The van der Waals surface area contributed by atoms with E-state index in [1.165, 1.54) is 36.7 Å². The Labute approximate surface area is 216 Å². The largest absolute Gasteiger partial charge is 0.493 e. The van der Waals surface area contributed by atoms with Gasteiger partial charge in [0.2, 0.25) is 5.91 Å². The minimum absolute atomic E-state index is 0.0335. The first-order valence-corrected chi connectivity index (χ1v) is 11.9. The van der Waals surface area contributed by atoms with Gasteiger partial charge in [-0.15, -0.1) is 0 Å². The molecule has 0 unspecified atom stereocenters. The number of rotatable bonds is 8. The third kappa shape index (κ3) is 5.56. The van der Waals surface area contributed by atoms with Gasteiger partial charge < -0.3 is 25.0 Å². The highest BCUT2D eigenvalue weighted by Crippen LogP contribution is 2.42. The van der Waals surface area contributed by atoms with Gasteiger partial charge in [0.05, 0.1) is 17.2 Å². The highest BCUT2D eigenvalue weighted by atomic mass is 35.5. The summed E-state index contributed by atoms with van der Waals surface area (Å²) in [6, 6.07) is 5.58. The van der Waals surface area contributed by atoms with Gasteiger partial charge in [-0.25, -0.2) is 23.5 Å². The van der Waals surface area contributed by atoms with Gasteiger partial charge in [0, 0.05) is 43.7 Å². The molecule has 0 atom stereocenters. The van der Waals surface area contributed by atoms with E-state index in [1.54, 1.807) is 4.90 Å². The molecule has 0 radical (unpaired) electrons. The predicted octanol–water partition coefficient (Wildman–Crippen LogP) is 4.10. The minimum atomic E-state index is -1.16. The minimum Gasteiger partial charge on any atom is -0.493 e. The summed E-state index contributed by atoms with van der Waals surface area (Å²) in [5, 5.41) is 11.2. The number of piperazine rings is 1. The van der Waals surface area contributed by atoms with Gasteiger partial charge >= 0.3 is 6.09 Å². The molecule has 194 valence electrons. The van der Waals surface area contributed by atoms with E-state index in [2.05, 4.69) is 21.9 Å². The molecular formula is C25H24ClF2N5O4. The van der Waals surface area contributed by atoms with Crippen LogP contribution in [0, 0.1) is 11.6 Å². The number of benzene rings is 2. The number of carbonyl (C=O) groups excluding carboxylic acids is 1. The third-order valence-corrected chi connectivity index (χ3v) is 6.24. The normalized spacial score (nSPS) is 13.5. The number of carbonyl (C=O) groups is 2. The van der Waals surface area contributed by atoms with Crippen molar-refractivity contribution in [2.24, 2.45) is 0 Å². The lowest BCUT2D eigenvalue weighted by atomic mass is 10.0. The molecule has 0 aliphatic carbocycles. The fraction of sp³-hybridized carbons (Fsp3) is 0.280. The number of halogens is 3. The third-order valence-electron chi connectivity index (χ3n) is 5.95. The number of amides is 2. The standard InChI is InChI=1S/C25H24ClF2N5O4/c1-2-19(34)32-8-10-33(11-9-32)24-15-13-16(26)20(22(28)23(15)30-14-31-24)21-17(27)5-3-6-18(21)37-12-4-7-29-25(35)36/h2-3,5-6,13-14,29H,1,4,7-12H2,(H,35,36). The summed E-state index contributed by atoms with van der Waals surface area (Å²) >= 11 is 6.52. The lowest BCUT2D eigenvalue weighted by molar-refractivity contribution is -0.126. The molecule has 1 saturated heterocycles. The van der Waals surface area contributed by atoms with Crippen molar-refractivity contribution in [2.75, 3.05) is 44.2 Å². The number of carboxylic acid groups (broad SMARTS) is 1. The predicted molar refractivity (Wildman–Crippen MR) is 135 cm³/mol. The second-order valence-corrected chi connectivity index (χ2v) is 8.61. The Morgan fingerprint density at radius 2 is 1.95 bits per heavy atom. The Kier molecular flexibility index (Phi) is 8.02. The first kappa shape index (κ1) is 26.1. The van der Waals surface area contributed by atoms with Crippen LogP contribution in [0.25, 0.3) is 22.0 Å². The first-order valence-electron chi connectivity index (χ1n) is 11.5. The van der Waals surface area contributed by atoms with Crippen molar-refractivity contribution in [1.29, 1.82) is 0 Å². The van der Waals surface area contributed by atoms with Crippen molar-refractivity contribution in [1.82, 2.24) is 20.2 Å². The average Bonchev–Trinajstić information content (AvgIpc) is 2.89. The highest BCUT2D eigenvalue weighted by molar-refractivity contribution is 6.34. The number of fused-ring (bicyclic) bond motifs is 1. The Morgan fingerprint density at radius 1 is 1.19 bits per heavy atom. The van der Waals surface area contributed by atoms with Crippen molar-refractivity contribution in [3.63, 3.8) is 0 Å². The van der Waals surface area contributed by atoms with E-state index in [9.17, 15) is 9.59 Å². The summed E-state index contributed by atoms with van der Waals surface area (Å²) in [6.45, 7) is 5.54. The fourth-order valence-corrected chi connectivity index (χ4v) is 4.47. The topological polar surface area (TPSA) is 108 Å². The highest BCUT2D eigenvalue weighted by Gasteiger charge is 2.26. The molecule has 12 heteroatoms. The molecule has 1 fully saturated rings. The number of ether oxygens (including phenoxy) is 1. The van der Waals surface area contributed by atoms with Crippen LogP contribution >= 0.6 is 11.6 Å². The van der Waals surface area contributed by atoms with E-state index in [0.29, 0.717) is 43.8 Å². The summed E-state index contributed by atoms with van der Waals surface area (Å²) in [4.78, 5) is 34.5. The van der Waals surface area contributed by atoms with Crippen LogP contribution in [-0.4, -0.2) is 71.3 Å². The molecule has 2 N–H and O–H groups in total. The molecule has 37 heavy (non-hydrogen) atoms. The number of nitrogens with one attached hydrogen (secondary N) is 1. The van der Waals surface area contributed by atoms with Crippen molar-refractivity contribution in [3.8, 4) is 16.9 Å². The summed E-state index contributed by atoms with van der Waals surface area (Å²) in [5.41, 5.74) is -0.388. The maximum Gasteiger partial charge on any atom is 0.404 e. The van der Waals surface area contributed by atoms with Crippen molar-refractivity contribution < 1.29 is 28.2 Å². The Morgan fingerprint density at radius 3 is 2.65 bits per heavy atom. The van der Waals surface area contributed by atoms with Gasteiger partial charge in [-0.3, -0.25) is 4.79 Å². The van der Waals surface area contributed by atoms with Crippen LogP contribution in [0.5, 0.6) is 5.75 Å². The smallest absolute Gasteiger partial charge is 0.404 e. The number of aromatic nitrogens is 2. The number of hydrogen-bond acceptors (Lipinski definition) is 6. The van der Waals surface area contributed by atoms with Crippen LogP contribution in [0.15, 0.2) is 43.2 Å². The zero-order valence-electron chi connectivity index (χ0n) is 19.7. The molecule has 0 bridgehead atoms. The van der Waals surface area contributed by atoms with Crippen LogP contribution in [0.4, 0.5) is 19.4 Å². The lowest BCUT2D eigenvalue weighted by Crippen LogP contribution is -2.48. The van der Waals surface area contributed by atoms with E-state index >= 15 is 8.78 Å². The number of anilines is 1. The van der Waals surface area contributed by atoms with Crippen LogP contribution in [-0.2, 0) is 4.79 Å². The van der Waals surface area contributed by atoms with Gasteiger partial charge in [0.25, 0.3) is 0 Å². The SMILES string of the molecule is C=CC(=O)N1CCN(c2ncnc3c(F)c(-c4c(F)cccc4OCCCNC(=O)O)c(Cl)cc23)CC1. The summed E-state index contributed by atoms with van der Waals surface area (Å²) in [6.07, 6.45) is 1.65. The molecule has 2 amide bonds. The zero-order valence-corrected chi connectivity index (χ0v) is 20.5. The van der Waals surface area contributed by atoms with Crippen molar-refractivity contribution >= 4 is 40.3 Å². The van der Waals surface area contributed by atoms with Crippen LogP contribution < -0.4 is 15.0 Å². The van der Waals surface area contributed by atoms with Gasteiger partial charge in [0.15, 0.2) is 5.82 Å². The maximum absolute atomic E-state index is 15.9. The molecule has 1 aliphatic heterocycles. The van der Waals surface area contributed by atoms with E-state index in [-0.39, 0.29) is 46.5 Å². The second-order valence-electron chi connectivity index (χ2n) is 8.20. The molecule has 0 spiro atoms. The molecule has 0 saturated carbocycles. The Bertz CT molecular complexity index is 1350. The Balaban J connectivity index is 1.67. The van der Waals surface area contributed by atoms with E-state index in [1.807, 2.05) is 4.90 Å². The molecule has 2 heterocycles. The molecule has 3 aromatic rings. The Hall–Kier alpha value is -3.99. The van der Waals surface area contributed by atoms with E-state index in [4.69, 9.17) is 21.4 Å². The summed E-state index contributed by atoms with van der Waals surface area (Å²) in [5.74, 6) is -1.20. The summed E-state index contributed by atoms with van der Waals surface area (Å²) < 4.78 is 36.6. The number of nitrogens with zero attached hydrogens (tertiary/aromatic N) is 4. The monoisotopic (exact) mass is 531 g/mol. The van der Waals surface area contributed by atoms with Gasteiger partial charge in [-0.2, -0.15) is 0 Å². The van der Waals surface area contributed by atoms with Crippen LogP contribution in [0.2, 0.25) is 5.02 Å². The quantitative estimate of drug-likeness (QED) is 0.333. The molecule has 1 aromatic heterocycles. The first-order chi connectivity index (χ1) is 17.8. The molecule has 9 nitrogen and oxygen atoms in total. The van der Waals surface area contributed by atoms with Crippen molar-refractivity contribution in [3.05, 3.63) is 59.9 Å². The van der Waals surface area contributed by atoms with Gasteiger partial charge in [0.1, 0.15) is 29.2 Å². The number of hydrogen-bond donors (Lipinski definition) is 2. The van der Waals surface area contributed by atoms with Gasteiger partial charge in [-0.1, -0.05) is 24.2 Å². The van der Waals surface area contributed by atoms with E-state index in [0.717, 1.165) is 0 Å². The van der Waals surface area contributed by atoms with Crippen molar-refractivity contribution in [2.45, 2.75) is 6.42 Å². The maximum atomic E-state index is 15.9. The molecule has 4 rings (SSSR count). The molecule has 2 aromatic carbocycles. The average molecular weight is 532 g/mol.